The second kappa shape index (κ2) is 8.94. The molecule has 0 spiro atoms. The van der Waals surface area contributed by atoms with Crippen LogP contribution in [0.1, 0.15) is 30.9 Å². The molecule has 0 saturated carbocycles. The smallest absolute Gasteiger partial charge is 0.417 e. The largest absolute Gasteiger partial charge is 0.493 e. The first-order valence-electron chi connectivity index (χ1n) is 8.12. The highest BCUT2D eigenvalue weighted by Crippen LogP contribution is 2.36. The van der Waals surface area contributed by atoms with Crippen molar-refractivity contribution in [3.63, 3.8) is 0 Å². The van der Waals surface area contributed by atoms with Crippen molar-refractivity contribution in [3.05, 3.63) is 59.3 Å². The van der Waals surface area contributed by atoms with Gasteiger partial charge in [0.05, 0.1) is 12.2 Å². The zero-order valence-electron chi connectivity index (χ0n) is 14.3. The Balaban J connectivity index is 2.28. The van der Waals surface area contributed by atoms with E-state index in [0.29, 0.717) is 30.7 Å². The number of nitrogens with zero attached hydrogens (tertiary/aromatic N) is 1. The Labute approximate surface area is 155 Å². The van der Waals surface area contributed by atoms with Gasteiger partial charge >= 0.3 is 6.18 Å². The van der Waals surface area contributed by atoms with Crippen molar-refractivity contribution in [2.45, 2.75) is 32.4 Å². The highest BCUT2D eigenvalue weighted by Gasteiger charge is 2.31. The number of hydrogen-bond donors (Lipinski definition) is 0. The lowest BCUT2D eigenvalue weighted by molar-refractivity contribution is -0.137. The summed E-state index contributed by atoms with van der Waals surface area (Å²) in [6.07, 6.45) is 0.238. The minimum Gasteiger partial charge on any atom is -0.493 e. The lowest BCUT2D eigenvalue weighted by Gasteiger charge is -2.14. The number of hydrogen-bond acceptors (Lipinski definition) is 3. The maximum atomic E-state index is 12.7. The van der Waals surface area contributed by atoms with E-state index < -0.39 is 11.7 Å². The van der Waals surface area contributed by atoms with Gasteiger partial charge in [-0.1, -0.05) is 37.1 Å². The van der Waals surface area contributed by atoms with E-state index in [4.69, 9.17) is 21.1 Å². The van der Waals surface area contributed by atoms with Crippen molar-refractivity contribution in [2.24, 2.45) is 0 Å². The predicted octanol–water partition coefficient (Wildman–Crippen LogP) is 6.45. The number of alkyl halides is 3. The minimum atomic E-state index is -4.51. The fraction of sp³-hybridized carbons (Fsp3) is 0.316. The number of aromatic nitrogens is 1. The highest BCUT2D eigenvalue weighted by atomic mass is 35.5. The maximum Gasteiger partial charge on any atom is 0.417 e. The highest BCUT2D eigenvalue weighted by molar-refractivity contribution is 6.31. The number of rotatable bonds is 8. The molecular formula is C19H19ClF3NO2. The quantitative estimate of drug-likeness (QED) is 0.386. The zero-order valence-corrected chi connectivity index (χ0v) is 15.0. The second-order valence-electron chi connectivity index (χ2n) is 5.56. The average Bonchev–Trinajstić information content (AvgIpc) is 2.58. The number of pyridine rings is 1. The Morgan fingerprint density at radius 1 is 1.27 bits per heavy atom. The van der Waals surface area contributed by atoms with E-state index in [-0.39, 0.29) is 10.9 Å². The molecule has 26 heavy (non-hydrogen) atoms. The molecule has 0 N–H and O–H groups in total. The molecule has 2 aromatic rings. The molecule has 0 aliphatic carbocycles. The summed E-state index contributed by atoms with van der Waals surface area (Å²) in [5, 5.41) is -0.208. The molecule has 0 unspecified atom stereocenters. The van der Waals surface area contributed by atoms with Gasteiger partial charge < -0.3 is 9.47 Å². The molecule has 140 valence electrons. The summed E-state index contributed by atoms with van der Waals surface area (Å²) >= 11 is 5.93. The third-order valence-corrected chi connectivity index (χ3v) is 3.76. The molecule has 0 aliphatic rings. The molecule has 0 amide bonds. The standard InChI is InChI=1S/C19H19ClF3NO2/c1-3-5-9-25-15-8-7-13(6-4-2)17(11-15)26-18-16(20)10-14(12-24-18)19(21,22)23/h3,7-8,10-12H,1,4-6,9H2,2H3. The van der Waals surface area contributed by atoms with Crippen LogP contribution in [0.15, 0.2) is 43.1 Å². The summed E-state index contributed by atoms with van der Waals surface area (Å²) in [6.45, 7) is 6.11. The third kappa shape index (κ3) is 5.39. The third-order valence-electron chi connectivity index (χ3n) is 3.49. The van der Waals surface area contributed by atoms with Crippen molar-refractivity contribution in [3.8, 4) is 17.4 Å². The van der Waals surface area contributed by atoms with Crippen LogP contribution < -0.4 is 9.47 Å². The van der Waals surface area contributed by atoms with Crippen LogP contribution in [0.25, 0.3) is 0 Å². The van der Waals surface area contributed by atoms with Crippen molar-refractivity contribution >= 4 is 11.6 Å². The van der Waals surface area contributed by atoms with Crippen molar-refractivity contribution in [1.29, 1.82) is 0 Å². The Kier molecular flexibility index (Phi) is 6.91. The van der Waals surface area contributed by atoms with E-state index in [2.05, 4.69) is 11.6 Å². The molecule has 0 saturated heterocycles. The SMILES string of the molecule is C=CCCOc1ccc(CCC)c(Oc2ncc(C(F)(F)F)cc2Cl)c1. The van der Waals surface area contributed by atoms with Crippen molar-refractivity contribution in [1.82, 2.24) is 4.98 Å². The Morgan fingerprint density at radius 2 is 2.04 bits per heavy atom. The molecule has 1 aromatic carbocycles. The summed E-state index contributed by atoms with van der Waals surface area (Å²) in [4.78, 5) is 3.72. The maximum absolute atomic E-state index is 12.7. The lowest BCUT2D eigenvalue weighted by Crippen LogP contribution is -2.06. The van der Waals surface area contributed by atoms with Crippen LogP contribution in [0.5, 0.6) is 17.4 Å². The Hall–Kier alpha value is -2.21. The van der Waals surface area contributed by atoms with E-state index in [0.717, 1.165) is 24.5 Å². The lowest BCUT2D eigenvalue weighted by atomic mass is 10.1. The molecule has 0 fully saturated rings. The number of aryl methyl sites for hydroxylation is 1. The van der Waals surface area contributed by atoms with Gasteiger partial charge in [-0.25, -0.2) is 4.98 Å². The monoisotopic (exact) mass is 385 g/mol. The number of halogens is 4. The molecule has 7 heteroatoms. The summed E-state index contributed by atoms with van der Waals surface area (Å²) in [5.74, 6) is 0.960. The van der Waals surface area contributed by atoms with Crippen LogP contribution in [-0.2, 0) is 12.6 Å². The van der Waals surface area contributed by atoms with Gasteiger partial charge in [0.15, 0.2) is 0 Å². The first kappa shape index (κ1) is 20.1. The van der Waals surface area contributed by atoms with E-state index in [9.17, 15) is 13.2 Å². The Morgan fingerprint density at radius 3 is 2.65 bits per heavy atom. The van der Waals surface area contributed by atoms with Gasteiger partial charge in [-0.15, -0.1) is 6.58 Å². The van der Waals surface area contributed by atoms with E-state index in [1.54, 1.807) is 12.1 Å². The summed E-state index contributed by atoms with van der Waals surface area (Å²) in [7, 11) is 0. The van der Waals surface area contributed by atoms with Gasteiger partial charge in [0.25, 0.3) is 0 Å². The normalized spacial score (nSPS) is 11.3. The first-order chi connectivity index (χ1) is 12.3. The topological polar surface area (TPSA) is 31.4 Å². The Bertz CT molecular complexity index is 763. The van der Waals surface area contributed by atoms with Gasteiger partial charge in [0, 0.05) is 12.3 Å². The van der Waals surface area contributed by atoms with Gasteiger partial charge in [-0.3, -0.25) is 0 Å². The van der Waals surface area contributed by atoms with Gasteiger partial charge in [0.2, 0.25) is 5.88 Å². The van der Waals surface area contributed by atoms with Crippen LogP contribution >= 0.6 is 11.6 Å². The van der Waals surface area contributed by atoms with Gasteiger partial charge in [-0.2, -0.15) is 13.2 Å². The zero-order chi connectivity index (χ0) is 19.2. The second-order valence-corrected chi connectivity index (χ2v) is 5.96. The van der Waals surface area contributed by atoms with E-state index in [1.807, 2.05) is 19.1 Å². The van der Waals surface area contributed by atoms with E-state index >= 15 is 0 Å². The molecule has 0 radical (unpaired) electrons. The molecule has 0 aliphatic heterocycles. The van der Waals surface area contributed by atoms with Crippen LogP contribution in [-0.4, -0.2) is 11.6 Å². The molecule has 0 bridgehead atoms. The molecule has 1 aromatic heterocycles. The predicted molar refractivity (Wildman–Crippen MR) is 95.1 cm³/mol. The molecule has 2 rings (SSSR count). The summed E-state index contributed by atoms with van der Waals surface area (Å²) < 4.78 is 49.5. The summed E-state index contributed by atoms with van der Waals surface area (Å²) in [5.41, 5.74) is -0.0357. The molecule has 0 atom stereocenters. The van der Waals surface area contributed by atoms with Crippen molar-refractivity contribution in [2.75, 3.05) is 6.61 Å². The molecular weight excluding hydrogens is 367 g/mol. The van der Waals surface area contributed by atoms with Gasteiger partial charge in [-0.05, 0) is 30.5 Å². The summed E-state index contributed by atoms with van der Waals surface area (Å²) in [6, 6.07) is 6.17. The minimum absolute atomic E-state index is 0.0831. The fourth-order valence-electron chi connectivity index (χ4n) is 2.22. The van der Waals surface area contributed by atoms with Crippen LogP contribution in [0.2, 0.25) is 5.02 Å². The van der Waals surface area contributed by atoms with Gasteiger partial charge in [0.1, 0.15) is 16.5 Å². The van der Waals surface area contributed by atoms with E-state index in [1.165, 1.54) is 0 Å². The van der Waals surface area contributed by atoms with Crippen molar-refractivity contribution < 1.29 is 22.6 Å². The fourth-order valence-corrected chi connectivity index (χ4v) is 2.42. The average molecular weight is 386 g/mol. The number of benzene rings is 1. The van der Waals surface area contributed by atoms with Crippen LogP contribution in [0, 0.1) is 0 Å². The number of ether oxygens (including phenoxy) is 2. The molecule has 3 nitrogen and oxygen atoms in total. The van der Waals surface area contributed by atoms with Crippen LogP contribution in [0.4, 0.5) is 13.2 Å². The molecule has 1 heterocycles. The van der Waals surface area contributed by atoms with Crippen LogP contribution in [0.3, 0.4) is 0 Å². The first-order valence-corrected chi connectivity index (χ1v) is 8.50.